The lowest BCUT2D eigenvalue weighted by Gasteiger charge is -2.31. The molecule has 0 spiro atoms. The van der Waals surface area contributed by atoms with E-state index in [4.69, 9.17) is 9.47 Å². The van der Waals surface area contributed by atoms with Gasteiger partial charge in [0.05, 0.1) is 12.2 Å². The number of hydrogen-bond acceptors (Lipinski definition) is 5. The van der Waals surface area contributed by atoms with Crippen molar-refractivity contribution in [2.75, 3.05) is 26.3 Å². The second kappa shape index (κ2) is 9.30. The van der Waals surface area contributed by atoms with Gasteiger partial charge in [0.15, 0.2) is 5.78 Å². The van der Waals surface area contributed by atoms with Gasteiger partial charge in [-0.2, -0.15) is 4.31 Å². The Balaban J connectivity index is 1.64. The predicted octanol–water partition coefficient (Wildman–Crippen LogP) is 3.11. The van der Waals surface area contributed by atoms with Crippen molar-refractivity contribution in [3.8, 4) is 5.75 Å². The molecule has 2 aromatic rings. The maximum absolute atomic E-state index is 13.4. The summed E-state index contributed by atoms with van der Waals surface area (Å²) in [5.41, 5.74) is 0.924. The number of carbonyl (C=O) groups excluding carboxylic acids is 1. The highest BCUT2D eigenvalue weighted by atomic mass is 32.2. The molecule has 3 rings (SSSR count). The van der Waals surface area contributed by atoms with E-state index in [9.17, 15) is 17.6 Å². The Labute approximate surface area is 169 Å². The molecule has 29 heavy (non-hydrogen) atoms. The van der Waals surface area contributed by atoms with Crippen LogP contribution < -0.4 is 4.74 Å². The highest BCUT2D eigenvalue weighted by Gasteiger charge is 2.28. The first-order valence-corrected chi connectivity index (χ1v) is 10.6. The number of benzene rings is 2. The van der Waals surface area contributed by atoms with E-state index in [-0.39, 0.29) is 43.4 Å². The van der Waals surface area contributed by atoms with Crippen LogP contribution in [0.2, 0.25) is 0 Å². The van der Waals surface area contributed by atoms with Crippen molar-refractivity contribution in [1.29, 1.82) is 0 Å². The molecule has 1 aliphatic rings. The fourth-order valence-electron chi connectivity index (χ4n) is 2.92. The molecule has 0 N–H and O–H groups in total. The molecule has 1 fully saturated rings. The number of morpholine rings is 1. The second-order valence-electron chi connectivity index (χ2n) is 6.62. The number of ketones is 1. The molecule has 154 valence electrons. The van der Waals surface area contributed by atoms with Crippen LogP contribution in [0.5, 0.6) is 5.75 Å². The van der Waals surface area contributed by atoms with Crippen molar-refractivity contribution in [3.63, 3.8) is 0 Å². The smallest absolute Gasteiger partial charge is 0.236 e. The number of ether oxygens (including phenoxy) is 2. The van der Waals surface area contributed by atoms with E-state index in [2.05, 4.69) is 0 Å². The molecule has 0 bridgehead atoms. The van der Waals surface area contributed by atoms with Crippen molar-refractivity contribution in [3.05, 3.63) is 70.9 Å². The highest BCUT2D eigenvalue weighted by Crippen LogP contribution is 2.21. The van der Waals surface area contributed by atoms with E-state index >= 15 is 0 Å². The number of carbonyl (C=O) groups is 1. The zero-order valence-corrected chi connectivity index (χ0v) is 16.8. The van der Waals surface area contributed by atoms with E-state index < -0.39 is 21.9 Å². The van der Waals surface area contributed by atoms with Gasteiger partial charge in [-0.1, -0.05) is 30.3 Å². The molecule has 1 heterocycles. The van der Waals surface area contributed by atoms with Gasteiger partial charge in [-0.3, -0.25) is 4.79 Å². The third-order valence-electron chi connectivity index (χ3n) is 4.44. The molecule has 1 saturated heterocycles. The first-order chi connectivity index (χ1) is 13.8. The topological polar surface area (TPSA) is 72.9 Å². The predicted molar refractivity (Wildman–Crippen MR) is 108 cm³/mol. The molecular formula is C21H22FNO5S. The number of Topliss-reactive ketones (excluding diaryl/α,β-unsaturated/α-hetero) is 1. The van der Waals surface area contributed by atoms with Crippen molar-refractivity contribution in [2.45, 2.75) is 13.0 Å². The fraction of sp³-hybridized carbons (Fsp3) is 0.286. The quantitative estimate of drug-likeness (QED) is 0.645. The highest BCUT2D eigenvalue weighted by molar-refractivity contribution is 7.92. The Bertz CT molecular complexity index is 991. The summed E-state index contributed by atoms with van der Waals surface area (Å²) in [6.07, 6.45) is 1.04. The van der Waals surface area contributed by atoms with Crippen LogP contribution in [0.3, 0.4) is 0 Å². The van der Waals surface area contributed by atoms with Gasteiger partial charge < -0.3 is 9.47 Å². The average Bonchev–Trinajstić information content (AvgIpc) is 2.72. The summed E-state index contributed by atoms with van der Waals surface area (Å²) in [6.45, 7) is 1.97. The minimum Gasteiger partial charge on any atom is -0.490 e. The van der Waals surface area contributed by atoms with Gasteiger partial charge in [0, 0.05) is 18.5 Å². The molecule has 6 nitrogen and oxygen atoms in total. The van der Waals surface area contributed by atoms with Gasteiger partial charge in [0.1, 0.15) is 24.3 Å². The SMILES string of the molecule is CC(=O)c1cc(F)ccc1OCC1CN(S(=O)(=O)C=Cc2ccccc2)CCO1. The molecule has 2 aromatic carbocycles. The summed E-state index contributed by atoms with van der Waals surface area (Å²) in [5.74, 6) is -0.607. The fourth-order valence-corrected chi connectivity index (χ4v) is 4.13. The first kappa shape index (κ1) is 21.2. The number of nitrogens with zero attached hydrogens (tertiary/aromatic N) is 1. The largest absolute Gasteiger partial charge is 0.490 e. The van der Waals surface area contributed by atoms with Crippen molar-refractivity contribution in [1.82, 2.24) is 4.31 Å². The van der Waals surface area contributed by atoms with Gasteiger partial charge in [-0.25, -0.2) is 12.8 Å². The van der Waals surface area contributed by atoms with Crippen LogP contribution in [-0.4, -0.2) is 50.9 Å². The molecule has 1 aliphatic heterocycles. The summed E-state index contributed by atoms with van der Waals surface area (Å²) in [7, 11) is -3.61. The Hall–Kier alpha value is -2.55. The first-order valence-electron chi connectivity index (χ1n) is 9.13. The molecule has 0 aromatic heterocycles. The molecule has 1 atom stereocenters. The molecule has 0 saturated carbocycles. The van der Waals surface area contributed by atoms with Crippen LogP contribution in [0.1, 0.15) is 22.8 Å². The van der Waals surface area contributed by atoms with E-state index in [0.29, 0.717) is 0 Å². The van der Waals surface area contributed by atoms with Crippen molar-refractivity contribution < 1.29 is 27.1 Å². The van der Waals surface area contributed by atoms with Crippen molar-refractivity contribution in [2.24, 2.45) is 0 Å². The molecule has 1 unspecified atom stereocenters. The van der Waals surface area contributed by atoms with E-state index in [0.717, 1.165) is 11.6 Å². The average molecular weight is 419 g/mol. The van der Waals surface area contributed by atoms with Crippen LogP contribution >= 0.6 is 0 Å². The molecular weight excluding hydrogens is 397 g/mol. The Morgan fingerprint density at radius 3 is 2.76 bits per heavy atom. The minimum absolute atomic E-state index is 0.0420. The molecule has 8 heteroatoms. The lowest BCUT2D eigenvalue weighted by molar-refractivity contribution is -0.0247. The zero-order chi connectivity index (χ0) is 20.9. The van der Waals surface area contributed by atoms with E-state index in [1.165, 1.54) is 28.8 Å². The number of sulfonamides is 1. The van der Waals surface area contributed by atoms with Crippen LogP contribution in [0, 0.1) is 5.82 Å². The van der Waals surface area contributed by atoms with Gasteiger partial charge in [-0.05, 0) is 36.8 Å². The monoisotopic (exact) mass is 419 g/mol. The van der Waals surface area contributed by atoms with Crippen molar-refractivity contribution >= 4 is 21.9 Å². The zero-order valence-electron chi connectivity index (χ0n) is 16.0. The van der Waals surface area contributed by atoms with Gasteiger partial charge >= 0.3 is 0 Å². The maximum Gasteiger partial charge on any atom is 0.236 e. The minimum atomic E-state index is -3.61. The molecule has 0 amide bonds. The summed E-state index contributed by atoms with van der Waals surface area (Å²) in [6, 6.07) is 12.9. The van der Waals surface area contributed by atoms with Gasteiger partial charge in [0.25, 0.3) is 0 Å². The number of rotatable bonds is 7. The Kier molecular flexibility index (Phi) is 6.79. The van der Waals surface area contributed by atoms with E-state index in [1.807, 2.05) is 30.3 Å². The Morgan fingerprint density at radius 2 is 2.03 bits per heavy atom. The second-order valence-corrected chi connectivity index (χ2v) is 8.44. The normalized spacial score (nSPS) is 18.1. The van der Waals surface area contributed by atoms with Crippen LogP contribution in [0.25, 0.3) is 6.08 Å². The number of hydrogen-bond donors (Lipinski definition) is 0. The number of halogens is 1. The Morgan fingerprint density at radius 1 is 1.28 bits per heavy atom. The third kappa shape index (κ3) is 5.72. The summed E-state index contributed by atoms with van der Waals surface area (Å²) in [5, 5.41) is 1.18. The molecule has 0 aliphatic carbocycles. The summed E-state index contributed by atoms with van der Waals surface area (Å²) < 4.78 is 51.2. The standard InChI is InChI=1S/C21H22FNO5S/c1-16(24)20-13-18(22)7-8-21(20)28-15-19-14-23(10-11-27-19)29(25,26)12-9-17-5-3-2-4-6-17/h2-9,12-13,19H,10-11,14-15H2,1H3. The van der Waals surface area contributed by atoms with Gasteiger partial charge in [0.2, 0.25) is 10.0 Å². The van der Waals surface area contributed by atoms with Crippen LogP contribution in [0.15, 0.2) is 53.9 Å². The summed E-state index contributed by atoms with van der Waals surface area (Å²) in [4.78, 5) is 11.7. The lowest BCUT2D eigenvalue weighted by Crippen LogP contribution is -2.46. The van der Waals surface area contributed by atoms with Crippen LogP contribution in [-0.2, 0) is 14.8 Å². The summed E-state index contributed by atoms with van der Waals surface area (Å²) >= 11 is 0. The molecule has 0 radical (unpaired) electrons. The van der Waals surface area contributed by atoms with Gasteiger partial charge in [-0.15, -0.1) is 0 Å². The lowest BCUT2D eigenvalue weighted by atomic mass is 10.1. The van der Waals surface area contributed by atoms with Crippen LogP contribution in [0.4, 0.5) is 4.39 Å². The van der Waals surface area contributed by atoms with E-state index in [1.54, 1.807) is 6.08 Å². The third-order valence-corrected chi connectivity index (χ3v) is 5.97. The maximum atomic E-state index is 13.4.